The Morgan fingerprint density at radius 2 is 2.00 bits per heavy atom. The molecule has 0 aliphatic heterocycles. The Balaban J connectivity index is 3.44. The average Bonchev–Trinajstić information content (AvgIpc) is 2.21. The van der Waals surface area contributed by atoms with Gasteiger partial charge in [-0.2, -0.15) is 0 Å². The van der Waals surface area contributed by atoms with Gasteiger partial charge >= 0.3 is 0 Å². The Bertz CT molecular complexity index is 144. The van der Waals surface area contributed by atoms with E-state index in [0.29, 0.717) is 6.42 Å². The van der Waals surface area contributed by atoms with Crippen LogP contribution in [0.15, 0.2) is 0 Å². The van der Waals surface area contributed by atoms with Crippen molar-refractivity contribution in [1.29, 1.82) is 0 Å². The smallest absolute Gasteiger partial charge is 0.220 e. The van der Waals surface area contributed by atoms with E-state index < -0.39 is 0 Å². The first-order chi connectivity index (χ1) is 6.74. The molecule has 0 aromatic carbocycles. The van der Waals surface area contributed by atoms with Crippen LogP contribution in [0.25, 0.3) is 0 Å². The van der Waals surface area contributed by atoms with Gasteiger partial charge in [0, 0.05) is 6.42 Å². The fourth-order valence-corrected chi connectivity index (χ4v) is 1.29. The second kappa shape index (κ2) is 9.00. The van der Waals surface area contributed by atoms with Gasteiger partial charge in [0.15, 0.2) is 0 Å². The molecule has 0 spiro atoms. The van der Waals surface area contributed by atoms with Gasteiger partial charge in [0.25, 0.3) is 0 Å². The van der Waals surface area contributed by atoms with Crippen molar-refractivity contribution < 1.29 is 9.90 Å². The van der Waals surface area contributed by atoms with Crippen molar-refractivity contribution in [3.63, 3.8) is 0 Å². The van der Waals surface area contributed by atoms with Crippen molar-refractivity contribution in [2.45, 2.75) is 58.4 Å². The van der Waals surface area contributed by atoms with Crippen molar-refractivity contribution in [1.82, 2.24) is 5.32 Å². The van der Waals surface area contributed by atoms with Crippen molar-refractivity contribution in [2.24, 2.45) is 0 Å². The maximum Gasteiger partial charge on any atom is 0.220 e. The minimum atomic E-state index is -0.0614. The number of carbonyl (C=O) groups is 1. The van der Waals surface area contributed by atoms with Gasteiger partial charge < -0.3 is 10.4 Å². The van der Waals surface area contributed by atoms with Gasteiger partial charge in [-0.25, -0.2) is 0 Å². The summed E-state index contributed by atoms with van der Waals surface area (Å²) in [4.78, 5) is 11.3. The maximum absolute atomic E-state index is 11.3. The summed E-state index contributed by atoms with van der Waals surface area (Å²) in [5, 5.41) is 11.7. The highest BCUT2D eigenvalue weighted by Crippen LogP contribution is 2.02. The number of hydrogen-bond acceptors (Lipinski definition) is 2. The molecule has 0 aromatic heterocycles. The zero-order valence-corrected chi connectivity index (χ0v) is 9.38. The zero-order chi connectivity index (χ0) is 10.8. The highest BCUT2D eigenvalue weighted by Gasteiger charge is 2.07. The zero-order valence-electron chi connectivity index (χ0n) is 9.38. The molecule has 2 N–H and O–H groups in total. The van der Waals surface area contributed by atoms with E-state index in [-0.39, 0.29) is 18.6 Å². The molecule has 14 heavy (non-hydrogen) atoms. The van der Waals surface area contributed by atoms with Crippen LogP contribution in [-0.4, -0.2) is 23.7 Å². The molecule has 1 unspecified atom stereocenters. The second-order valence-electron chi connectivity index (χ2n) is 3.67. The Morgan fingerprint density at radius 3 is 2.50 bits per heavy atom. The van der Waals surface area contributed by atoms with Gasteiger partial charge in [0.1, 0.15) is 0 Å². The lowest BCUT2D eigenvalue weighted by Gasteiger charge is -2.13. The van der Waals surface area contributed by atoms with Crippen LogP contribution in [-0.2, 0) is 4.79 Å². The molecule has 0 heterocycles. The van der Waals surface area contributed by atoms with E-state index in [4.69, 9.17) is 5.11 Å². The van der Waals surface area contributed by atoms with Crippen molar-refractivity contribution in [3.8, 4) is 0 Å². The number of aliphatic hydroxyl groups is 1. The number of rotatable bonds is 8. The molecule has 0 fully saturated rings. The highest BCUT2D eigenvalue weighted by molar-refractivity contribution is 5.76. The van der Waals surface area contributed by atoms with Crippen LogP contribution in [0, 0.1) is 0 Å². The SMILES string of the molecule is CCCCCCC(=O)NC(CC)CO. The number of hydrogen-bond donors (Lipinski definition) is 2. The summed E-state index contributed by atoms with van der Waals surface area (Å²) in [7, 11) is 0. The summed E-state index contributed by atoms with van der Waals surface area (Å²) in [6.07, 6.45) is 5.86. The molecule has 0 radical (unpaired) electrons. The molecule has 1 atom stereocenters. The van der Waals surface area contributed by atoms with Gasteiger partial charge in [-0.15, -0.1) is 0 Å². The monoisotopic (exact) mass is 201 g/mol. The third kappa shape index (κ3) is 6.89. The van der Waals surface area contributed by atoms with Crippen LogP contribution in [0.3, 0.4) is 0 Å². The van der Waals surface area contributed by atoms with Gasteiger partial charge in [0.2, 0.25) is 5.91 Å². The molecule has 3 heteroatoms. The first-order valence-corrected chi connectivity index (χ1v) is 5.64. The third-order valence-electron chi connectivity index (χ3n) is 2.34. The number of aliphatic hydroxyl groups excluding tert-OH is 1. The average molecular weight is 201 g/mol. The van der Waals surface area contributed by atoms with Gasteiger partial charge in [-0.05, 0) is 12.8 Å². The quantitative estimate of drug-likeness (QED) is 0.589. The van der Waals surface area contributed by atoms with Crippen LogP contribution in [0.1, 0.15) is 52.4 Å². The first kappa shape index (κ1) is 13.4. The van der Waals surface area contributed by atoms with E-state index in [0.717, 1.165) is 19.3 Å². The molecule has 0 saturated carbocycles. The number of unbranched alkanes of at least 4 members (excludes halogenated alkanes) is 3. The minimum Gasteiger partial charge on any atom is -0.394 e. The second-order valence-corrected chi connectivity index (χ2v) is 3.67. The molecule has 84 valence electrons. The molecule has 1 amide bonds. The summed E-state index contributed by atoms with van der Waals surface area (Å²) >= 11 is 0. The number of amides is 1. The Hall–Kier alpha value is -0.570. The summed E-state index contributed by atoms with van der Waals surface area (Å²) in [5.41, 5.74) is 0. The minimum absolute atomic E-state index is 0.0389. The van der Waals surface area contributed by atoms with Crippen LogP contribution >= 0.6 is 0 Å². The molecule has 0 aromatic rings. The van der Waals surface area contributed by atoms with Crippen molar-refractivity contribution >= 4 is 5.91 Å². The van der Waals surface area contributed by atoms with E-state index in [1.165, 1.54) is 12.8 Å². The van der Waals surface area contributed by atoms with E-state index in [1.54, 1.807) is 0 Å². The van der Waals surface area contributed by atoms with Crippen LogP contribution in [0.2, 0.25) is 0 Å². The highest BCUT2D eigenvalue weighted by atomic mass is 16.3. The summed E-state index contributed by atoms with van der Waals surface area (Å²) in [6, 6.07) is -0.0614. The predicted octanol–water partition coefficient (Wildman–Crippen LogP) is 1.84. The van der Waals surface area contributed by atoms with E-state index in [9.17, 15) is 4.79 Å². The van der Waals surface area contributed by atoms with Gasteiger partial charge in [-0.3, -0.25) is 4.79 Å². The Labute approximate surface area is 86.9 Å². The number of nitrogens with one attached hydrogen (secondary N) is 1. The van der Waals surface area contributed by atoms with Gasteiger partial charge in [0.05, 0.1) is 12.6 Å². The maximum atomic E-state index is 11.3. The van der Waals surface area contributed by atoms with Crippen molar-refractivity contribution in [2.75, 3.05) is 6.61 Å². The lowest BCUT2D eigenvalue weighted by Crippen LogP contribution is -2.36. The fourth-order valence-electron chi connectivity index (χ4n) is 1.29. The predicted molar refractivity (Wildman–Crippen MR) is 58.1 cm³/mol. The fraction of sp³-hybridized carbons (Fsp3) is 0.909. The first-order valence-electron chi connectivity index (χ1n) is 5.64. The van der Waals surface area contributed by atoms with E-state index in [1.807, 2.05) is 6.92 Å². The molecule has 0 saturated heterocycles. The molecule has 0 aliphatic carbocycles. The van der Waals surface area contributed by atoms with E-state index in [2.05, 4.69) is 12.2 Å². The molecule has 3 nitrogen and oxygen atoms in total. The van der Waals surface area contributed by atoms with Gasteiger partial charge in [-0.1, -0.05) is 33.1 Å². The Morgan fingerprint density at radius 1 is 1.29 bits per heavy atom. The molecule has 0 rings (SSSR count). The molecular formula is C11H23NO2. The van der Waals surface area contributed by atoms with Crippen molar-refractivity contribution in [3.05, 3.63) is 0 Å². The molecular weight excluding hydrogens is 178 g/mol. The summed E-state index contributed by atoms with van der Waals surface area (Å²) in [6.45, 7) is 4.15. The topological polar surface area (TPSA) is 49.3 Å². The number of carbonyl (C=O) groups excluding carboxylic acids is 1. The largest absolute Gasteiger partial charge is 0.394 e. The lowest BCUT2D eigenvalue weighted by atomic mass is 10.1. The van der Waals surface area contributed by atoms with Crippen LogP contribution < -0.4 is 5.32 Å². The molecule has 0 bridgehead atoms. The normalized spacial score (nSPS) is 12.5. The van der Waals surface area contributed by atoms with Crippen LogP contribution in [0.4, 0.5) is 0 Å². The summed E-state index contributed by atoms with van der Waals surface area (Å²) in [5.74, 6) is 0.0713. The third-order valence-corrected chi connectivity index (χ3v) is 2.34. The van der Waals surface area contributed by atoms with Crippen LogP contribution in [0.5, 0.6) is 0 Å². The Kier molecular flexibility index (Phi) is 8.64. The van der Waals surface area contributed by atoms with E-state index >= 15 is 0 Å². The lowest BCUT2D eigenvalue weighted by molar-refractivity contribution is -0.122. The standard InChI is InChI=1S/C11H23NO2/c1-3-5-6-7-8-11(14)12-10(4-2)9-13/h10,13H,3-9H2,1-2H3,(H,12,14). The molecule has 0 aliphatic rings. The summed E-state index contributed by atoms with van der Waals surface area (Å²) < 4.78 is 0.